The van der Waals surface area contributed by atoms with E-state index in [-0.39, 0.29) is 70.5 Å². The third-order valence-corrected chi connectivity index (χ3v) is 14.2. The number of nitrogens with zero attached hydrogens (tertiary/aromatic N) is 11. The molecule has 0 aromatic carbocycles. The molecule has 464 valence electrons. The lowest BCUT2D eigenvalue weighted by Gasteiger charge is -2.15. The van der Waals surface area contributed by atoms with Gasteiger partial charge in [0.25, 0.3) is 47.3 Å². The van der Waals surface area contributed by atoms with Gasteiger partial charge < -0.3 is 101 Å². The van der Waals surface area contributed by atoms with Crippen LogP contribution in [0.5, 0.6) is 0 Å². The van der Waals surface area contributed by atoms with E-state index in [1.807, 2.05) is 7.05 Å². The molecule has 31 heteroatoms. The fraction of sp³-hybridized carbons (Fsp3) is 0.316. The highest BCUT2D eigenvalue weighted by Gasteiger charge is 2.24. The molecule has 0 aliphatic rings. The van der Waals surface area contributed by atoms with E-state index in [4.69, 9.17) is 11.5 Å². The summed E-state index contributed by atoms with van der Waals surface area (Å²) in [4.78, 5) is 129. The van der Waals surface area contributed by atoms with E-state index in [0.29, 0.717) is 47.2 Å². The van der Waals surface area contributed by atoms with Crippen LogP contribution in [0.2, 0.25) is 0 Å². The summed E-state index contributed by atoms with van der Waals surface area (Å²) in [5, 5.41) is 24.8. The Bertz CT molecular complexity index is 3950. The van der Waals surface area contributed by atoms with E-state index in [9.17, 15) is 43.2 Å². The van der Waals surface area contributed by atoms with Gasteiger partial charge in [-0.15, -0.1) is 0 Å². The van der Waals surface area contributed by atoms with Gasteiger partial charge in [-0.1, -0.05) is 0 Å². The summed E-state index contributed by atoms with van der Waals surface area (Å²) < 4.78 is 12.2. The summed E-state index contributed by atoms with van der Waals surface area (Å²) in [7, 11) is 15.1. The van der Waals surface area contributed by atoms with Crippen LogP contribution in [0.1, 0.15) is 103 Å². The van der Waals surface area contributed by atoms with Crippen molar-refractivity contribution in [2.24, 2.45) is 67.8 Å². The Hall–Kier alpha value is -10.8. The molecule has 8 heterocycles. The SMILES string of the molecule is CN(CCCN)CCCNC(=O)c1cc(NC(=O)c2cc(NC(=O)c3cc(NC(=O)c4nc(NC(=O)[C@H](N)CCNC(=O)c5cc(NC(=O)c6cc(NC(=O)c7cc(NC(=O)c8nccn8C)cn7C)cn6C)cn5C)cn4C)cn3C)cn2C)cn1C. The van der Waals surface area contributed by atoms with Crippen LogP contribution in [0.3, 0.4) is 0 Å². The molecular weight excluding hydrogens is 1140 g/mol. The highest BCUT2D eigenvalue weighted by molar-refractivity contribution is 6.10. The standard InChI is InChI=1S/C57H72N22O9/c1-71(17-10-13-58)18-11-14-61-50(81)40-20-33(26-73(40)3)63-52(83)42-23-36(29-75(42)5)66-55(86)45-25-38(31-78(45)8)68-57(88)48-69-46(32-79(48)9)70-49(80)39(59)12-15-62-51(82)41-21-34(27-74(41)4)64-53(84)43-22-35(28-76(43)6)65-54(85)44-24-37(30-77(44)7)67-56(87)47-60-16-19-72(47)2/h16,19-32,39H,10-15,17-18,58-59H2,1-9H3,(H,61,81)(H,62,82)(H,63,83)(H,64,84)(H,65,85)(H,66,86)(H,67,87)(H,68,88)(H,70,80)/t39-/m1/s1. The third-order valence-electron chi connectivity index (χ3n) is 14.2. The molecule has 0 fully saturated rings. The van der Waals surface area contributed by atoms with Crippen LogP contribution in [0.15, 0.2) is 92.2 Å². The molecule has 0 radical (unpaired) electrons. The molecule has 0 bridgehead atoms. The predicted molar refractivity (Wildman–Crippen MR) is 328 cm³/mol. The largest absolute Gasteiger partial charge is 0.351 e. The first-order valence-corrected chi connectivity index (χ1v) is 27.7. The van der Waals surface area contributed by atoms with Crippen molar-refractivity contribution in [1.29, 1.82) is 0 Å². The van der Waals surface area contributed by atoms with Crippen LogP contribution >= 0.6 is 0 Å². The Labute approximate surface area is 504 Å². The van der Waals surface area contributed by atoms with Crippen LogP contribution in [0.25, 0.3) is 0 Å². The Kier molecular flexibility index (Phi) is 19.8. The van der Waals surface area contributed by atoms with Crippen molar-refractivity contribution >= 4 is 93.1 Å². The minimum Gasteiger partial charge on any atom is -0.351 e. The quantitative estimate of drug-likeness (QED) is 0.0347. The van der Waals surface area contributed by atoms with Gasteiger partial charge >= 0.3 is 0 Å². The minimum atomic E-state index is -1.10. The molecule has 0 saturated heterocycles. The number of aromatic nitrogens is 10. The van der Waals surface area contributed by atoms with E-state index in [0.717, 1.165) is 25.9 Å². The molecule has 8 rings (SSSR count). The molecule has 1 atom stereocenters. The number of amides is 9. The third kappa shape index (κ3) is 15.4. The molecule has 0 aliphatic heterocycles. The topological polar surface area (TPSA) is 382 Å². The molecule has 8 aromatic heterocycles. The molecule has 9 amide bonds. The van der Waals surface area contributed by atoms with Gasteiger partial charge in [0.1, 0.15) is 34.2 Å². The summed E-state index contributed by atoms with van der Waals surface area (Å²) in [6.07, 6.45) is 15.7. The lowest BCUT2D eigenvalue weighted by Crippen LogP contribution is -2.39. The van der Waals surface area contributed by atoms with Gasteiger partial charge in [0.2, 0.25) is 11.7 Å². The number of aryl methyl sites for hydroxylation is 8. The van der Waals surface area contributed by atoms with Crippen molar-refractivity contribution in [3.8, 4) is 0 Å². The van der Waals surface area contributed by atoms with Crippen molar-refractivity contribution in [2.75, 3.05) is 77.0 Å². The molecule has 0 unspecified atom stereocenters. The van der Waals surface area contributed by atoms with E-state index in [1.165, 1.54) is 67.2 Å². The van der Waals surface area contributed by atoms with Gasteiger partial charge in [-0.2, -0.15) is 0 Å². The van der Waals surface area contributed by atoms with Crippen molar-refractivity contribution in [3.05, 3.63) is 138 Å². The Morgan fingerprint density at radius 2 is 0.795 bits per heavy atom. The van der Waals surface area contributed by atoms with Crippen molar-refractivity contribution in [1.82, 2.24) is 62.0 Å². The number of hydrogen-bond acceptors (Lipinski definition) is 14. The molecule has 8 aromatic rings. The van der Waals surface area contributed by atoms with Crippen molar-refractivity contribution < 1.29 is 43.2 Å². The van der Waals surface area contributed by atoms with Crippen LogP contribution < -0.4 is 59.3 Å². The Balaban J connectivity index is 0.763. The van der Waals surface area contributed by atoms with Crippen molar-refractivity contribution in [3.63, 3.8) is 0 Å². The first-order chi connectivity index (χ1) is 41.8. The minimum absolute atomic E-state index is 0.00639. The maximum atomic E-state index is 13.5. The number of carbonyl (C=O) groups is 9. The fourth-order valence-electron chi connectivity index (χ4n) is 9.52. The zero-order valence-electron chi connectivity index (χ0n) is 50.1. The predicted octanol–water partition coefficient (Wildman–Crippen LogP) is 2.18. The van der Waals surface area contributed by atoms with E-state index < -0.39 is 53.3 Å². The maximum absolute atomic E-state index is 13.5. The zero-order valence-corrected chi connectivity index (χ0v) is 50.1. The first kappa shape index (κ1) is 63.2. The average Bonchev–Trinajstić information content (AvgIpc) is 3.69. The van der Waals surface area contributed by atoms with E-state index >= 15 is 0 Å². The number of nitrogens with one attached hydrogen (secondary N) is 9. The monoisotopic (exact) mass is 1210 g/mol. The smallest absolute Gasteiger partial charge is 0.291 e. The summed E-state index contributed by atoms with van der Waals surface area (Å²) in [6.45, 7) is 2.80. The van der Waals surface area contributed by atoms with E-state index in [1.54, 1.807) is 118 Å². The van der Waals surface area contributed by atoms with E-state index in [2.05, 4.69) is 62.7 Å². The van der Waals surface area contributed by atoms with Crippen LogP contribution in [0.4, 0.5) is 39.9 Å². The number of nitrogens with two attached hydrogens (primary N) is 2. The second-order valence-corrected chi connectivity index (χ2v) is 21.2. The Morgan fingerprint density at radius 1 is 0.443 bits per heavy atom. The average molecular weight is 1210 g/mol. The molecule has 13 N–H and O–H groups in total. The summed E-state index contributed by atoms with van der Waals surface area (Å²) in [5.74, 6) is -4.38. The molecule has 31 nitrogen and oxygen atoms in total. The van der Waals surface area contributed by atoms with Gasteiger partial charge in [-0.05, 0) is 82.3 Å². The normalized spacial score (nSPS) is 11.5. The zero-order chi connectivity index (χ0) is 63.7. The second-order valence-electron chi connectivity index (χ2n) is 21.2. The van der Waals surface area contributed by atoms with Gasteiger partial charge in [0.05, 0.1) is 40.2 Å². The van der Waals surface area contributed by atoms with Crippen LogP contribution in [-0.2, 0) is 61.2 Å². The number of rotatable bonds is 26. The molecule has 0 aliphatic carbocycles. The number of imidazole rings is 2. The van der Waals surface area contributed by atoms with Gasteiger partial charge in [0, 0.05) is 125 Å². The number of carbonyl (C=O) groups excluding carboxylic acids is 9. The highest BCUT2D eigenvalue weighted by atomic mass is 16.2. The lowest BCUT2D eigenvalue weighted by molar-refractivity contribution is -0.117. The lowest BCUT2D eigenvalue weighted by atomic mass is 10.2. The van der Waals surface area contributed by atoms with Crippen LogP contribution in [-0.4, -0.2) is 150 Å². The molecule has 0 saturated carbocycles. The summed E-state index contributed by atoms with van der Waals surface area (Å²) >= 11 is 0. The maximum Gasteiger partial charge on any atom is 0.291 e. The first-order valence-electron chi connectivity index (χ1n) is 27.7. The molecule has 0 spiro atoms. The second kappa shape index (κ2) is 27.5. The van der Waals surface area contributed by atoms with Gasteiger partial charge in [-0.3, -0.25) is 43.2 Å². The Morgan fingerprint density at radius 3 is 1.17 bits per heavy atom. The van der Waals surface area contributed by atoms with Crippen LogP contribution in [0, 0.1) is 0 Å². The van der Waals surface area contributed by atoms with Gasteiger partial charge in [-0.25, -0.2) is 9.97 Å². The summed E-state index contributed by atoms with van der Waals surface area (Å²) in [5.41, 5.74) is 15.2. The van der Waals surface area contributed by atoms with Crippen molar-refractivity contribution in [2.45, 2.75) is 25.3 Å². The molecule has 88 heavy (non-hydrogen) atoms. The highest BCUT2D eigenvalue weighted by Crippen LogP contribution is 2.23. The number of hydrogen-bond donors (Lipinski definition) is 11. The molecular formula is C57H72N22O9. The summed E-state index contributed by atoms with van der Waals surface area (Å²) in [6, 6.07) is 7.92. The fourth-order valence-corrected chi connectivity index (χ4v) is 9.52. The van der Waals surface area contributed by atoms with Gasteiger partial charge in [0.15, 0.2) is 11.6 Å². The number of anilines is 7.